The Hall–Kier alpha value is -2.56. The molecule has 2 aliphatic rings. The number of alkyl halides is 5. The Balaban J connectivity index is 1.72. The van der Waals surface area contributed by atoms with Crippen molar-refractivity contribution in [2.75, 3.05) is 0 Å². The maximum Gasteiger partial charge on any atom is 0.399 e. The lowest BCUT2D eigenvalue weighted by atomic mass is 9.95. The molecule has 1 heterocycles. The van der Waals surface area contributed by atoms with Gasteiger partial charge in [-0.2, -0.15) is 22.0 Å². The van der Waals surface area contributed by atoms with Gasteiger partial charge in [-0.25, -0.2) is 19.2 Å². The predicted molar refractivity (Wildman–Crippen MR) is 116 cm³/mol. The highest BCUT2D eigenvalue weighted by molar-refractivity contribution is 6.35. The van der Waals surface area contributed by atoms with Crippen LogP contribution in [-0.4, -0.2) is 22.6 Å². The van der Waals surface area contributed by atoms with E-state index in [0.717, 1.165) is 12.1 Å². The zero-order chi connectivity index (χ0) is 25.9. The summed E-state index contributed by atoms with van der Waals surface area (Å²) in [6.45, 7) is 3.55. The SMILES string of the molecule is C=CC1(NN2C(=O)c3ccc(/C(F)=C/C(c4cc(Cl)c(F)c(Cl)c4)C(F)(F)F)cc3C2(F)F)CC1. The average molecular weight is 539 g/mol. The zero-order valence-electron chi connectivity index (χ0n) is 17.5. The molecule has 186 valence electrons. The fourth-order valence-corrected chi connectivity index (χ4v) is 4.22. The summed E-state index contributed by atoms with van der Waals surface area (Å²) in [6.07, 6.45) is -2.55. The summed E-state index contributed by atoms with van der Waals surface area (Å²) in [7, 11) is 0. The van der Waals surface area contributed by atoms with Crippen molar-refractivity contribution in [2.24, 2.45) is 0 Å². The molecule has 35 heavy (non-hydrogen) atoms. The van der Waals surface area contributed by atoms with Gasteiger partial charge in [-0.3, -0.25) is 4.79 Å². The van der Waals surface area contributed by atoms with Gasteiger partial charge < -0.3 is 0 Å². The maximum atomic E-state index is 15.1. The summed E-state index contributed by atoms with van der Waals surface area (Å²) in [4.78, 5) is 12.5. The molecule has 0 saturated heterocycles. The van der Waals surface area contributed by atoms with E-state index in [0.29, 0.717) is 31.0 Å². The molecule has 2 aromatic rings. The van der Waals surface area contributed by atoms with Gasteiger partial charge in [0.1, 0.15) is 11.7 Å². The highest BCUT2D eigenvalue weighted by Crippen LogP contribution is 2.46. The van der Waals surface area contributed by atoms with Gasteiger partial charge in [0, 0.05) is 5.56 Å². The van der Waals surface area contributed by atoms with Gasteiger partial charge in [0.15, 0.2) is 5.82 Å². The van der Waals surface area contributed by atoms with Crippen molar-refractivity contribution in [3.8, 4) is 0 Å². The molecule has 1 unspecified atom stereocenters. The van der Waals surface area contributed by atoms with Crippen LogP contribution < -0.4 is 5.43 Å². The number of hydrazine groups is 1. The van der Waals surface area contributed by atoms with Gasteiger partial charge in [0.25, 0.3) is 5.91 Å². The van der Waals surface area contributed by atoms with Gasteiger partial charge in [-0.15, -0.1) is 6.58 Å². The first-order chi connectivity index (χ1) is 16.2. The van der Waals surface area contributed by atoms with Crippen molar-refractivity contribution in [1.29, 1.82) is 0 Å². The Labute approximate surface area is 204 Å². The normalized spacial score (nSPS) is 19.5. The molecular formula is C23H15Cl2F7N2O. The summed E-state index contributed by atoms with van der Waals surface area (Å²) in [5, 5.41) is -1.28. The van der Waals surface area contributed by atoms with Crippen molar-refractivity contribution < 1.29 is 35.5 Å². The van der Waals surface area contributed by atoms with Gasteiger partial charge in [-0.1, -0.05) is 35.3 Å². The van der Waals surface area contributed by atoms with E-state index in [1.54, 1.807) is 0 Å². The molecule has 3 nitrogen and oxygen atoms in total. The van der Waals surface area contributed by atoms with E-state index in [1.165, 1.54) is 6.08 Å². The van der Waals surface area contributed by atoms with Crippen LogP contribution in [0.15, 0.2) is 49.1 Å². The molecule has 1 N–H and O–H groups in total. The quantitative estimate of drug-likeness (QED) is 0.178. The fourth-order valence-electron chi connectivity index (χ4n) is 3.71. The molecule has 0 aromatic heterocycles. The fraction of sp³-hybridized carbons (Fsp3) is 0.261. The minimum absolute atomic E-state index is 0.124. The molecule has 0 radical (unpaired) electrons. The van der Waals surface area contributed by atoms with Crippen molar-refractivity contribution >= 4 is 34.9 Å². The molecule has 0 bridgehead atoms. The van der Waals surface area contributed by atoms with Crippen LogP contribution in [0.2, 0.25) is 10.0 Å². The van der Waals surface area contributed by atoms with Crippen molar-refractivity contribution in [3.05, 3.63) is 87.2 Å². The van der Waals surface area contributed by atoms with Crippen molar-refractivity contribution in [1.82, 2.24) is 10.4 Å². The van der Waals surface area contributed by atoms with E-state index in [1.807, 2.05) is 0 Å². The summed E-state index contributed by atoms with van der Waals surface area (Å²) in [6, 6.07) is -0.151. The van der Waals surface area contributed by atoms with E-state index in [-0.39, 0.29) is 11.1 Å². The average Bonchev–Trinajstić information content (AvgIpc) is 3.54. The highest BCUT2D eigenvalue weighted by Gasteiger charge is 2.56. The molecular weight excluding hydrogens is 524 g/mol. The number of hydrogen-bond acceptors (Lipinski definition) is 2. The third-order valence-electron chi connectivity index (χ3n) is 5.88. The number of halogens is 9. The summed E-state index contributed by atoms with van der Waals surface area (Å²) in [5.41, 5.74) is -0.987. The maximum absolute atomic E-state index is 15.1. The first-order valence-corrected chi connectivity index (χ1v) is 10.8. The molecule has 1 aliphatic carbocycles. The van der Waals surface area contributed by atoms with E-state index in [4.69, 9.17) is 23.2 Å². The van der Waals surface area contributed by atoms with Crippen molar-refractivity contribution in [3.63, 3.8) is 0 Å². The van der Waals surface area contributed by atoms with Gasteiger partial charge in [0.2, 0.25) is 0 Å². The van der Waals surface area contributed by atoms with Gasteiger partial charge in [0.05, 0.1) is 26.7 Å². The van der Waals surface area contributed by atoms with Crippen LogP contribution in [-0.2, 0) is 6.05 Å². The number of hydrogen-bond donors (Lipinski definition) is 1. The molecule has 1 atom stereocenters. The Morgan fingerprint density at radius 3 is 2.26 bits per heavy atom. The monoisotopic (exact) mass is 538 g/mol. The lowest BCUT2D eigenvalue weighted by Crippen LogP contribution is -2.52. The van der Waals surface area contributed by atoms with Gasteiger partial charge in [-0.05, 0) is 48.7 Å². The highest BCUT2D eigenvalue weighted by atomic mass is 35.5. The van der Waals surface area contributed by atoms with Crippen LogP contribution in [0.1, 0.15) is 45.8 Å². The third kappa shape index (κ3) is 4.54. The lowest BCUT2D eigenvalue weighted by Gasteiger charge is -2.28. The van der Waals surface area contributed by atoms with Gasteiger partial charge >= 0.3 is 12.2 Å². The number of nitrogens with one attached hydrogen (secondary N) is 1. The number of rotatable bonds is 6. The second-order valence-corrected chi connectivity index (χ2v) is 9.06. The zero-order valence-corrected chi connectivity index (χ0v) is 19.0. The Morgan fingerprint density at radius 2 is 1.74 bits per heavy atom. The Morgan fingerprint density at radius 1 is 1.14 bits per heavy atom. The summed E-state index contributed by atoms with van der Waals surface area (Å²) < 4.78 is 99.9. The molecule has 1 saturated carbocycles. The first-order valence-electron chi connectivity index (χ1n) is 10.1. The van der Waals surface area contributed by atoms with E-state index < -0.39 is 73.5 Å². The predicted octanol–water partition coefficient (Wildman–Crippen LogP) is 7.52. The Kier molecular flexibility index (Phi) is 6.22. The first kappa shape index (κ1) is 25.5. The van der Waals surface area contributed by atoms with E-state index in [2.05, 4.69) is 12.0 Å². The molecule has 1 fully saturated rings. The van der Waals surface area contributed by atoms with Crippen LogP contribution in [0.5, 0.6) is 0 Å². The lowest BCUT2D eigenvalue weighted by molar-refractivity contribution is -0.148. The molecule has 0 spiro atoms. The van der Waals surface area contributed by atoms with Crippen LogP contribution in [0.25, 0.3) is 5.83 Å². The second-order valence-electron chi connectivity index (χ2n) is 8.25. The van der Waals surface area contributed by atoms with Crippen LogP contribution in [0.3, 0.4) is 0 Å². The minimum Gasteiger partial charge on any atom is -0.267 e. The number of carbonyl (C=O) groups excluding carboxylic acids is 1. The Bertz CT molecular complexity index is 1230. The smallest absolute Gasteiger partial charge is 0.267 e. The number of allylic oxidation sites excluding steroid dienone is 1. The molecule has 2 aromatic carbocycles. The molecule has 1 amide bonds. The summed E-state index contributed by atoms with van der Waals surface area (Å²) in [5.74, 6) is -6.33. The topological polar surface area (TPSA) is 32.3 Å². The largest absolute Gasteiger partial charge is 0.399 e. The minimum atomic E-state index is -5.05. The second kappa shape index (κ2) is 8.53. The number of fused-ring (bicyclic) bond motifs is 1. The van der Waals surface area contributed by atoms with E-state index >= 15 is 8.78 Å². The molecule has 12 heteroatoms. The van der Waals surface area contributed by atoms with E-state index in [9.17, 15) is 26.7 Å². The molecule has 4 rings (SSSR count). The number of carbonyl (C=O) groups is 1. The third-order valence-corrected chi connectivity index (χ3v) is 6.43. The van der Waals surface area contributed by atoms with Crippen LogP contribution in [0.4, 0.5) is 30.7 Å². The van der Waals surface area contributed by atoms with Crippen LogP contribution >= 0.6 is 23.2 Å². The standard InChI is InChI=1S/C23H15Cl2F7N2O/c1-2-21(5-6-21)33-34-20(35)13-4-3-11(7-15(13)23(34,31)32)18(26)10-14(22(28,29)30)12-8-16(24)19(27)17(25)9-12/h2-4,7-10,14,33H,1,5-6H2/b18-10-. The summed E-state index contributed by atoms with van der Waals surface area (Å²) >= 11 is 11.2. The molecule has 1 aliphatic heterocycles. The van der Waals surface area contributed by atoms with Crippen molar-refractivity contribution in [2.45, 2.75) is 36.5 Å². The van der Waals surface area contributed by atoms with Crippen LogP contribution in [0, 0.1) is 5.82 Å². The number of amides is 1. The number of nitrogens with zero attached hydrogens (tertiary/aromatic N) is 1. The number of benzene rings is 2.